The molecule has 0 saturated heterocycles. The van der Waals surface area contributed by atoms with Gasteiger partial charge in [0.25, 0.3) is 11.8 Å². The van der Waals surface area contributed by atoms with E-state index in [2.05, 4.69) is 22.5 Å². The lowest BCUT2D eigenvalue weighted by Gasteiger charge is -2.10. The summed E-state index contributed by atoms with van der Waals surface area (Å²) in [6.07, 6.45) is 1.86. The highest BCUT2D eigenvalue weighted by molar-refractivity contribution is 6.05. The first-order chi connectivity index (χ1) is 12.5. The molecule has 0 heterocycles. The fourth-order valence-corrected chi connectivity index (χ4v) is 2.50. The van der Waals surface area contributed by atoms with Crippen molar-refractivity contribution in [3.63, 3.8) is 0 Å². The average molecular weight is 353 g/mol. The van der Waals surface area contributed by atoms with Crippen LogP contribution in [0.25, 0.3) is 0 Å². The largest absolute Gasteiger partial charge is 0.352 e. The Hall–Kier alpha value is -2.66. The summed E-state index contributed by atoms with van der Waals surface area (Å²) in [7, 11) is 4.01. The molecule has 2 aromatic carbocycles. The molecule has 5 heteroatoms. The lowest BCUT2D eigenvalue weighted by Crippen LogP contribution is -2.27. The molecule has 0 aromatic heterocycles. The fourth-order valence-electron chi connectivity index (χ4n) is 2.50. The van der Waals surface area contributed by atoms with Crippen LogP contribution in [0.2, 0.25) is 0 Å². The first kappa shape index (κ1) is 19.7. The van der Waals surface area contributed by atoms with Crippen molar-refractivity contribution in [2.24, 2.45) is 0 Å². The molecule has 0 aliphatic rings. The lowest BCUT2D eigenvalue weighted by atomic mass is 10.1. The molecular formula is C21H27N3O2. The summed E-state index contributed by atoms with van der Waals surface area (Å²) in [5.74, 6) is -0.307. The molecule has 0 aliphatic carbocycles. The van der Waals surface area contributed by atoms with Gasteiger partial charge in [0.05, 0.1) is 0 Å². The zero-order chi connectivity index (χ0) is 18.9. The van der Waals surface area contributed by atoms with Crippen molar-refractivity contribution in [3.8, 4) is 0 Å². The highest BCUT2D eigenvalue weighted by Gasteiger charge is 2.09. The number of benzene rings is 2. The quantitative estimate of drug-likeness (QED) is 0.717. The SMILES string of the molecule is CCc1ccc(NC(=O)c2ccc(C(=O)NCCCN(C)C)cc2)cc1. The van der Waals surface area contributed by atoms with E-state index in [0.29, 0.717) is 17.7 Å². The van der Waals surface area contributed by atoms with Gasteiger partial charge in [-0.05, 0) is 75.4 Å². The normalized spacial score (nSPS) is 10.6. The van der Waals surface area contributed by atoms with Crippen LogP contribution in [-0.2, 0) is 6.42 Å². The van der Waals surface area contributed by atoms with Crippen LogP contribution >= 0.6 is 0 Å². The van der Waals surface area contributed by atoms with Gasteiger partial charge >= 0.3 is 0 Å². The minimum Gasteiger partial charge on any atom is -0.352 e. The molecule has 0 atom stereocenters. The van der Waals surface area contributed by atoms with Gasteiger partial charge in [-0.25, -0.2) is 0 Å². The van der Waals surface area contributed by atoms with Crippen LogP contribution in [0.3, 0.4) is 0 Å². The number of carbonyl (C=O) groups is 2. The molecule has 0 unspecified atom stereocenters. The van der Waals surface area contributed by atoms with Gasteiger partial charge in [0.2, 0.25) is 0 Å². The van der Waals surface area contributed by atoms with E-state index in [0.717, 1.165) is 25.1 Å². The summed E-state index contributed by atoms with van der Waals surface area (Å²) in [6.45, 7) is 3.65. The minimum atomic E-state index is -0.188. The minimum absolute atomic E-state index is 0.120. The molecule has 2 N–H and O–H groups in total. The molecule has 138 valence electrons. The van der Waals surface area contributed by atoms with Gasteiger partial charge < -0.3 is 15.5 Å². The maximum atomic E-state index is 12.3. The second-order valence-corrected chi connectivity index (χ2v) is 6.49. The smallest absolute Gasteiger partial charge is 0.255 e. The van der Waals surface area contributed by atoms with Crippen LogP contribution in [0.15, 0.2) is 48.5 Å². The molecule has 0 spiro atoms. The second kappa shape index (κ2) is 9.73. The van der Waals surface area contributed by atoms with E-state index in [4.69, 9.17) is 0 Å². The highest BCUT2D eigenvalue weighted by Crippen LogP contribution is 2.12. The van der Waals surface area contributed by atoms with E-state index in [1.165, 1.54) is 5.56 Å². The molecule has 0 fully saturated rings. The molecule has 0 saturated carbocycles. The molecular weight excluding hydrogens is 326 g/mol. The predicted octanol–water partition coefficient (Wildman–Crippen LogP) is 3.18. The Morgan fingerprint density at radius 2 is 1.46 bits per heavy atom. The van der Waals surface area contributed by atoms with Crippen molar-refractivity contribution >= 4 is 17.5 Å². The summed E-state index contributed by atoms with van der Waals surface area (Å²) in [6, 6.07) is 14.5. The molecule has 0 aliphatic heterocycles. The Morgan fingerprint density at radius 3 is 2.00 bits per heavy atom. The summed E-state index contributed by atoms with van der Waals surface area (Å²) in [5.41, 5.74) is 3.06. The van der Waals surface area contributed by atoms with Crippen molar-refractivity contribution in [2.45, 2.75) is 19.8 Å². The third kappa shape index (κ3) is 6.01. The third-order valence-corrected chi connectivity index (χ3v) is 4.10. The lowest BCUT2D eigenvalue weighted by molar-refractivity contribution is 0.0950. The number of nitrogens with zero attached hydrogens (tertiary/aromatic N) is 1. The van der Waals surface area contributed by atoms with E-state index < -0.39 is 0 Å². The van der Waals surface area contributed by atoms with Crippen LogP contribution in [0.4, 0.5) is 5.69 Å². The summed E-state index contributed by atoms with van der Waals surface area (Å²) in [4.78, 5) is 26.5. The predicted molar refractivity (Wildman–Crippen MR) is 106 cm³/mol. The number of anilines is 1. The summed E-state index contributed by atoms with van der Waals surface area (Å²) < 4.78 is 0. The average Bonchev–Trinajstić information content (AvgIpc) is 2.65. The van der Waals surface area contributed by atoms with Gasteiger partial charge in [-0.1, -0.05) is 19.1 Å². The van der Waals surface area contributed by atoms with E-state index in [9.17, 15) is 9.59 Å². The molecule has 0 radical (unpaired) electrons. The Labute approximate surface area is 155 Å². The van der Waals surface area contributed by atoms with E-state index in [1.807, 2.05) is 38.4 Å². The number of carbonyl (C=O) groups excluding carboxylic acids is 2. The highest BCUT2D eigenvalue weighted by atomic mass is 16.2. The monoisotopic (exact) mass is 353 g/mol. The van der Waals surface area contributed by atoms with E-state index in [1.54, 1.807) is 24.3 Å². The van der Waals surface area contributed by atoms with Gasteiger partial charge in [-0.3, -0.25) is 9.59 Å². The van der Waals surface area contributed by atoms with Crippen LogP contribution in [0.1, 0.15) is 39.6 Å². The first-order valence-corrected chi connectivity index (χ1v) is 8.93. The van der Waals surface area contributed by atoms with Gasteiger partial charge in [0.1, 0.15) is 0 Å². The van der Waals surface area contributed by atoms with Gasteiger partial charge in [-0.15, -0.1) is 0 Å². The molecule has 0 bridgehead atoms. The number of nitrogens with one attached hydrogen (secondary N) is 2. The number of hydrogen-bond acceptors (Lipinski definition) is 3. The van der Waals surface area contributed by atoms with Crippen molar-refractivity contribution < 1.29 is 9.59 Å². The number of rotatable bonds is 8. The third-order valence-electron chi connectivity index (χ3n) is 4.10. The second-order valence-electron chi connectivity index (χ2n) is 6.49. The molecule has 2 aromatic rings. The molecule has 26 heavy (non-hydrogen) atoms. The summed E-state index contributed by atoms with van der Waals surface area (Å²) in [5, 5.41) is 5.75. The molecule has 2 rings (SSSR count). The van der Waals surface area contributed by atoms with Crippen LogP contribution in [0, 0.1) is 0 Å². The van der Waals surface area contributed by atoms with E-state index >= 15 is 0 Å². The Balaban J connectivity index is 1.88. The fraction of sp³-hybridized carbons (Fsp3) is 0.333. The van der Waals surface area contributed by atoms with E-state index in [-0.39, 0.29) is 11.8 Å². The maximum absolute atomic E-state index is 12.3. The zero-order valence-electron chi connectivity index (χ0n) is 15.7. The van der Waals surface area contributed by atoms with Crippen LogP contribution in [0.5, 0.6) is 0 Å². The number of amides is 2. The number of hydrogen-bond donors (Lipinski definition) is 2. The van der Waals surface area contributed by atoms with Crippen molar-refractivity contribution in [1.29, 1.82) is 0 Å². The summed E-state index contributed by atoms with van der Waals surface area (Å²) >= 11 is 0. The van der Waals surface area contributed by atoms with Crippen molar-refractivity contribution in [3.05, 3.63) is 65.2 Å². The molecule has 2 amide bonds. The Morgan fingerprint density at radius 1 is 0.885 bits per heavy atom. The molecule has 5 nitrogen and oxygen atoms in total. The maximum Gasteiger partial charge on any atom is 0.255 e. The zero-order valence-corrected chi connectivity index (χ0v) is 15.7. The van der Waals surface area contributed by atoms with Gasteiger partial charge in [0.15, 0.2) is 0 Å². The van der Waals surface area contributed by atoms with Crippen LogP contribution in [-0.4, -0.2) is 43.9 Å². The Kier molecular flexibility index (Phi) is 7.36. The van der Waals surface area contributed by atoms with Crippen molar-refractivity contribution in [2.75, 3.05) is 32.5 Å². The van der Waals surface area contributed by atoms with Crippen LogP contribution < -0.4 is 10.6 Å². The topological polar surface area (TPSA) is 61.4 Å². The van der Waals surface area contributed by atoms with Gasteiger partial charge in [-0.2, -0.15) is 0 Å². The first-order valence-electron chi connectivity index (χ1n) is 8.93. The Bertz CT molecular complexity index is 722. The standard InChI is InChI=1S/C21H27N3O2/c1-4-16-6-12-19(13-7-16)23-21(26)18-10-8-17(9-11-18)20(25)22-14-5-15-24(2)3/h6-13H,4-5,14-15H2,1-3H3,(H,22,25)(H,23,26). The number of aryl methyl sites for hydroxylation is 1. The van der Waals surface area contributed by atoms with Gasteiger partial charge in [0, 0.05) is 23.4 Å². The van der Waals surface area contributed by atoms with Crippen molar-refractivity contribution in [1.82, 2.24) is 10.2 Å².